The molecular weight excluding hydrogens is 979 g/mol. The van der Waals surface area contributed by atoms with Crippen LogP contribution >= 0.6 is 11.3 Å². The SMILES string of the molecule is c1ccc(-c2cc(-c3ccccc3)nc(-c3ccc(-c4c5ccccc5cc5sc6c(c(-c7nc(-c8ccccc8)nc(-c8ccc9ccccc9c8)n7)cc7c8ccccc8c8ccccc8c76)c45)c4ccccc34)n2)cc1. The third-order valence-corrected chi connectivity index (χ3v) is 16.8. The molecule has 0 aliphatic carbocycles. The van der Waals surface area contributed by atoms with E-state index in [1.54, 1.807) is 0 Å². The molecule has 0 spiro atoms. The highest BCUT2D eigenvalue weighted by Gasteiger charge is 2.26. The van der Waals surface area contributed by atoms with Gasteiger partial charge in [0.25, 0.3) is 0 Å². The molecule has 0 aliphatic heterocycles. The quantitative estimate of drug-likeness (QED) is 0.149. The van der Waals surface area contributed by atoms with Crippen LogP contribution in [-0.2, 0) is 0 Å². The summed E-state index contributed by atoms with van der Waals surface area (Å²) in [7, 11) is 0. The largest absolute Gasteiger partial charge is 0.228 e. The maximum Gasteiger partial charge on any atom is 0.164 e. The molecule has 0 radical (unpaired) electrons. The summed E-state index contributed by atoms with van der Waals surface area (Å²) in [5.41, 5.74) is 9.85. The Morgan fingerprint density at radius 1 is 0.241 bits per heavy atom. The second-order valence-corrected chi connectivity index (χ2v) is 21.3. The molecule has 0 fully saturated rings. The summed E-state index contributed by atoms with van der Waals surface area (Å²) in [6, 6.07) is 92.9. The van der Waals surface area contributed by atoms with Crippen molar-refractivity contribution in [1.82, 2.24) is 24.9 Å². The molecule has 16 aromatic rings. The second-order valence-electron chi connectivity index (χ2n) is 20.2. The summed E-state index contributed by atoms with van der Waals surface area (Å²) in [6.07, 6.45) is 0. The smallest absolute Gasteiger partial charge is 0.164 e. The summed E-state index contributed by atoms with van der Waals surface area (Å²) in [6.45, 7) is 0. The topological polar surface area (TPSA) is 64.5 Å². The number of hydrogen-bond acceptors (Lipinski definition) is 6. The lowest BCUT2D eigenvalue weighted by atomic mass is 9.86. The van der Waals surface area contributed by atoms with Crippen LogP contribution in [0.4, 0.5) is 0 Å². The highest BCUT2D eigenvalue weighted by molar-refractivity contribution is 7.27. The number of hydrogen-bond donors (Lipinski definition) is 0. The van der Waals surface area contributed by atoms with E-state index in [-0.39, 0.29) is 0 Å². The summed E-state index contributed by atoms with van der Waals surface area (Å²) >= 11 is 1.86. The van der Waals surface area contributed by atoms with E-state index in [1.165, 1.54) is 41.7 Å². The van der Waals surface area contributed by atoms with E-state index >= 15 is 0 Å². The predicted molar refractivity (Wildman–Crippen MR) is 331 cm³/mol. The van der Waals surface area contributed by atoms with Gasteiger partial charge in [0, 0.05) is 58.9 Å². The molecule has 3 heterocycles. The number of nitrogens with zero attached hydrogens (tertiary/aromatic N) is 5. The minimum atomic E-state index is 0.616. The summed E-state index contributed by atoms with van der Waals surface area (Å²) in [5.74, 6) is 2.52. The number of benzene rings is 13. The zero-order valence-corrected chi connectivity index (χ0v) is 43.3. The van der Waals surface area contributed by atoms with Crippen molar-refractivity contribution < 1.29 is 0 Å². The Morgan fingerprint density at radius 3 is 1.39 bits per heavy atom. The van der Waals surface area contributed by atoms with Crippen LogP contribution in [0.25, 0.3) is 164 Å². The van der Waals surface area contributed by atoms with Crippen LogP contribution in [-0.4, -0.2) is 24.9 Å². The molecule has 0 N–H and O–H groups in total. The molecule has 0 saturated carbocycles. The molecule has 79 heavy (non-hydrogen) atoms. The number of rotatable bonds is 7. The van der Waals surface area contributed by atoms with E-state index in [9.17, 15) is 0 Å². The first-order valence-corrected chi connectivity index (χ1v) is 27.5. The fourth-order valence-electron chi connectivity index (χ4n) is 12.1. The first-order valence-electron chi connectivity index (χ1n) is 26.6. The van der Waals surface area contributed by atoms with Crippen LogP contribution < -0.4 is 0 Å². The summed E-state index contributed by atoms with van der Waals surface area (Å²) < 4.78 is 2.37. The van der Waals surface area contributed by atoms with Gasteiger partial charge in [-0.25, -0.2) is 24.9 Å². The van der Waals surface area contributed by atoms with E-state index < -0.39 is 0 Å². The molecule has 366 valence electrons. The molecule has 3 aromatic heterocycles. The van der Waals surface area contributed by atoms with Crippen molar-refractivity contribution >= 4 is 96.1 Å². The van der Waals surface area contributed by atoms with Gasteiger partial charge in [0.05, 0.1) is 11.4 Å². The third-order valence-electron chi connectivity index (χ3n) is 15.7. The Kier molecular flexibility index (Phi) is 10.4. The van der Waals surface area contributed by atoms with E-state index in [4.69, 9.17) is 24.9 Å². The minimum Gasteiger partial charge on any atom is -0.228 e. The van der Waals surface area contributed by atoms with Crippen LogP contribution in [0.15, 0.2) is 261 Å². The molecule has 0 amide bonds. The Balaban J connectivity index is 1.04. The van der Waals surface area contributed by atoms with Crippen molar-refractivity contribution in [3.63, 3.8) is 0 Å². The monoisotopic (exact) mass is 1020 g/mol. The number of thiophene rings is 1. The van der Waals surface area contributed by atoms with Crippen LogP contribution in [0, 0.1) is 0 Å². The summed E-state index contributed by atoms with van der Waals surface area (Å²) in [4.78, 5) is 27.1. The lowest BCUT2D eigenvalue weighted by Gasteiger charge is -2.17. The van der Waals surface area contributed by atoms with Crippen molar-refractivity contribution in [2.24, 2.45) is 0 Å². The average molecular weight is 1020 g/mol. The standard InChI is InChI=1S/C73H43N5S/c1-4-21-45(22-5-1)62-43-63(46-23-6-2-7-24-46)75-72(74-62)59-39-38-58(54-32-15-16-33-55(54)59)65-51-29-13-12-28-49(51)41-64-68(65)67-61(42-60-56-34-17-14-30-52(56)53-31-18-19-35-57(53)66(60)69(67)79-64)73-77-70(47-25-8-3-9-26-47)76-71(78-73)50-37-36-44-20-10-11-27-48(44)40-50/h1-43H. The molecule has 13 aromatic carbocycles. The molecule has 16 rings (SSSR count). The zero-order valence-electron chi connectivity index (χ0n) is 42.5. The van der Waals surface area contributed by atoms with Gasteiger partial charge in [-0.2, -0.15) is 0 Å². The predicted octanol–water partition coefficient (Wildman–Crippen LogP) is 19.6. The highest BCUT2D eigenvalue weighted by Crippen LogP contribution is 2.53. The Bertz CT molecular complexity index is 5080. The van der Waals surface area contributed by atoms with E-state index in [1.807, 2.05) is 41.7 Å². The van der Waals surface area contributed by atoms with E-state index in [2.05, 4.69) is 231 Å². The number of aromatic nitrogens is 5. The van der Waals surface area contributed by atoms with E-state index in [0.717, 1.165) is 99.0 Å². The van der Waals surface area contributed by atoms with Crippen molar-refractivity contribution in [2.45, 2.75) is 0 Å². The lowest BCUT2D eigenvalue weighted by Crippen LogP contribution is -2.01. The second kappa shape index (κ2) is 18.2. The average Bonchev–Trinajstić information content (AvgIpc) is 4.18. The molecular formula is C73H43N5S. The normalized spacial score (nSPS) is 11.8. The van der Waals surface area contributed by atoms with Gasteiger partial charge in [-0.05, 0) is 101 Å². The van der Waals surface area contributed by atoms with Crippen LogP contribution in [0.1, 0.15) is 0 Å². The first-order chi connectivity index (χ1) is 39.2. The molecule has 0 aliphatic rings. The molecule has 0 bridgehead atoms. The van der Waals surface area contributed by atoms with Crippen LogP contribution in [0.5, 0.6) is 0 Å². The van der Waals surface area contributed by atoms with Crippen molar-refractivity contribution in [2.75, 3.05) is 0 Å². The van der Waals surface area contributed by atoms with Crippen molar-refractivity contribution in [3.05, 3.63) is 261 Å². The van der Waals surface area contributed by atoms with Crippen LogP contribution in [0.2, 0.25) is 0 Å². The Labute approximate surface area is 458 Å². The van der Waals surface area contributed by atoms with Gasteiger partial charge in [-0.3, -0.25) is 0 Å². The fourth-order valence-corrected chi connectivity index (χ4v) is 13.4. The third kappa shape index (κ3) is 7.41. The van der Waals surface area contributed by atoms with Gasteiger partial charge in [-0.15, -0.1) is 11.3 Å². The molecule has 0 unspecified atom stereocenters. The Morgan fingerprint density at radius 2 is 0.722 bits per heavy atom. The highest BCUT2D eigenvalue weighted by atomic mass is 32.1. The van der Waals surface area contributed by atoms with E-state index in [0.29, 0.717) is 23.3 Å². The van der Waals surface area contributed by atoms with Gasteiger partial charge in [-0.1, -0.05) is 231 Å². The molecule has 0 atom stereocenters. The van der Waals surface area contributed by atoms with Gasteiger partial charge < -0.3 is 0 Å². The lowest BCUT2D eigenvalue weighted by molar-refractivity contribution is 1.08. The van der Waals surface area contributed by atoms with Crippen LogP contribution in [0.3, 0.4) is 0 Å². The summed E-state index contributed by atoms with van der Waals surface area (Å²) in [5, 5.41) is 16.3. The van der Waals surface area contributed by atoms with Gasteiger partial charge >= 0.3 is 0 Å². The molecule has 5 nitrogen and oxygen atoms in total. The first kappa shape index (κ1) is 45.0. The maximum absolute atomic E-state index is 5.58. The van der Waals surface area contributed by atoms with Gasteiger partial charge in [0.2, 0.25) is 0 Å². The van der Waals surface area contributed by atoms with Gasteiger partial charge in [0.15, 0.2) is 23.3 Å². The molecule has 0 saturated heterocycles. The maximum atomic E-state index is 5.58. The van der Waals surface area contributed by atoms with Gasteiger partial charge in [0.1, 0.15) is 0 Å². The van der Waals surface area contributed by atoms with Crippen molar-refractivity contribution in [1.29, 1.82) is 0 Å². The van der Waals surface area contributed by atoms with Crippen molar-refractivity contribution in [3.8, 4) is 79.2 Å². The minimum absolute atomic E-state index is 0.616. The zero-order chi connectivity index (χ0) is 52.0. The number of fused-ring (bicyclic) bond motifs is 13. The molecule has 6 heteroatoms. The Hall–Kier alpha value is -10.3. The fraction of sp³-hybridized carbons (Fsp3) is 0.